The molecule has 9 heteroatoms. The molecule has 5 rings (SSSR count). The van der Waals surface area contributed by atoms with Gasteiger partial charge in [0.2, 0.25) is 0 Å². The number of furan rings is 1. The van der Waals surface area contributed by atoms with Crippen molar-refractivity contribution in [2.24, 2.45) is 0 Å². The minimum absolute atomic E-state index is 0.0580. The minimum Gasteiger partial charge on any atom is -0.484 e. The lowest BCUT2D eigenvalue weighted by molar-refractivity contribution is -0.134. The molecule has 1 fully saturated rings. The molecule has 0 atom stereocenters. The average molecular weight is 528 g/mol. The number of carbonyl (C=O) groups excluding carboxylic acids is 3. The number of nitrogens with one attached hydrogen (secondary N) is 1. The summed E-state index contributed by atoms with van der Waals surface area (Å²) in [5.41, 5.74) is 4.36. The van der Waals surface area contributed by atoms with Crippen molar-refractivity contribution in [1.82, 2.24) is 9.88 Å². The van der Waals surface area contributed by atoms with Crippen LogP contribution in [-0.4, -0.2) is 54.5 Å². The maximum atomic E-state index is 12.7. The van der Waals surface area contributed by atoms with Crippen LogP contribution < -0.4 is 10.1 Å². The molecular formula is C30H29N3O6. The number of aromatic nitrogens is 1. The standard InChI is InChI=1S/C30H29N3O6/c1-19-3-12-26-25(31-19)17-27(39-26)29(35)32-23-8-4-20(5-9-23)21-13-15-33(16-14-21)28(34)18-38-24-10-6-22(7-11-24)30(36)37-2/h3-12,17,21H,13-16,18H2,1-2H3,(H,32,35). The van der Waals surface area contributed by atoms with Gasteiger partial charge in [-0.1, -0.05) is 12.1 Å². The van der Waals surface area contributed by atoms with Gasteiger partial charge in [-0.05, 0) is 79.8 Å². The van der Waals surface area contributed by atoms with Crippen LogP contribution in [0.5, 0.6) is 5.75 Å². The minimum atomic E-state index is -0.421. The molecule has 1 aliphatic heterocycles. The normalized spacial score (nSPS) is 13.7. The van der Waals surface area contributed by atoms with Crippen molar-refractivity contribution >= 4 is 34.6 Å². The van der Waals surface area contributed by atoms with E-state index < -0.39 is 5.97 Å². The number of methoxy groups -OCH3 is 1. The first-order chi connectivity index (χ1) is 18.9. The van der Waals surface area contributed by atoms with E-state index in [1.165, 1.54) is 12.7 Å². The van der Waals surface area contributed by atoms with Crippen LogP contribution >= 0.6 is 0 Å². The predicted molar refractivity (Wildman–Crippen MR) is 145 cm³/mol. The van der Waals surface area contributed by atoms with Crippen LogP contribution in [0, 0.1) is 6.92 Å². The van der Waals surface area contributed by atoms with Crippen LogP contribution in [0.3, 0.4) is 0 Å². The second kappa shape index (κ2) is 11.4. The van der Waals surface area contributed by atoms with E-state index >= 15 is 0 Å². The van der Waals surface area contributed by atoms with E-state index in [1.807, 2.05) is 48.2 Å². The third kappa shape index (κ3) is 6.09. The molecule has 0 bridgehead atoms. The van der Waals surface area contributed by atoms with Gasteiger partial charge in [0.05, 0.1) is 12.7 Å². The van der Waals surface area contributed by atoms with Gasteiger partial charge in [-0.15, -0.1) is 0 Å². The Morgan fingerprint density at radius 1 is 1.00 bits per heavy atom. The number of likely N-dealkylation sites (tertiary alicyclic amines) is 1. The first-order valence-electron chi connectivity index (χ1n) is 12.8. The van der Waals surface area contributed by atoms with Gasteiger partial charge in [0.1, 0.15) is 11.3 Å². The van der Waals surface area contributed by atoms with Gasteiger partial charge >= 0.3 is 5.97 Å². The van der Waals surface area contributed by atoms with Gasteiger partial charge in [-0.25, -0.2) is 9.78 Å². The molecule has 200 valence electrons. The number of carbonyl (C=O) groups is 3. The van der Waals surface area contributed by atoms with Crippen molar-refractivity contribution in [2.45, 2.75) is 25.7 Å². The molecule has 2 amide bonds. The maximum absolute atomic E-state index is 12.7. The molecule has 9 nitrogen and oxygen atoms in total. The molecule has 2 aromatic carbocycles. The topological polar surface area (TPSA) is 111 Å². The van der Waals surface area contributed by atoms with Gasteiger partial charge in [0.15, 0.2) is 18.0 Å². The van der Waals surface area contributed by atoms with E-state index in [2.05, 4.69) is 15.0 Å². The number of benzene rings is 2. The van der Waals surface area contributed by atoms with Gasteiger partial charge < -0.3 is 24.1 Å². The number of fused-ring (bicyclic) bond motifs is 1. The zero-order chi connectivity index (χ0) is 27.4. The van der Waals surface area contributed by atoms with E-state index in [0.717, 1.165) is 18.5 Å². The molecule has 0 unspecified atom stereocenters. The molecule has 1 aliphatic rings. The second-order valence-electron chi connectivity index (χ2n) is 9.48. The highest BCUT2D eigenvalue weighted by Gasteiger charge is 2.24. The number of hydrogen-bond acceptors (Lipinski definition) is 7. The summed E-state index contributed by atoms with van der Waals surface area (Å²) in [7, 11) is 1.33. The van der Waals surface area contributed by atoms with Crippen molar-refractivity contribution in [3.63, 3.8) is 0 Å². The van der Waals surface area contributed by atoms with E-state index in [4.69, 9.17) is 9.15 Å². The van der Waals surface area contributed by atoms with Crippen molar-refractivity contribution in [3.8, 4) is 5.75 Å². The summed E-state index contributed by atoms with van der Waals surface area (Å²) in [4.78, 5) is 43.0. The molecule has 0 saturated carbocycles. The number of amides is 2. The molecule has 1 saturated heterocycles. The Bertz CT molecular complexity index is 1490. The van der Waals surface area contributed by atoms with E-state index in [9.17, 15) is 14.4 Å². The summed E-state index contributed by atoms with van der Waals surface area (Å²) < 4.78 is 15.9. The smallest absolute Gasteiger partial charge is 0.337 e. The molecule has 0 spiro atoms. The fourth-order valence-corrected chi connectivity index (χ4v) is 4.67. The number of hydrogen-bond donors (Lipinski definition) is 1. The zero-order valence-electron chi connectivity index (χ0n) is 21.8. The van der Waals surface area contributed by atoms with Gasteiger partial charge in [0, 0.05) is 30.5 Å². The maximum Gasteiger partial charge on any atom is 0.337 e. The molecule has 39 heavy (non-hydrogen) atoms. The molecule has 0 aliphatic carbocycles. The highest BCUT2D eigenvalue weighted by atomic mass is 16.5. The molecule has 3 heterocycles. The van der Waals surface area contributed by atoms with Crippen LogP contribution in [0.1, 0.15) is 50.9 Å². The summed E-state index contributed by atoms with van der Waals surface area (Å²) in [5, 5.41) is 2.87. The molecular weight excluding hydrogens is 498 g/mol. The largest absolute Gasteiger partial charge is 0.484 e. The van der Waals surface area contributed by atoms with Crippen molar-refractivity contribution < 1.29 is 28.3 Å². The summed E-state index contributed by atoms with van der Waals surface area (Å²) >= 11 is 0. The van der Waals surface area contributed by atoms with Crippen LogP contribution in [0.2, 0.25) is 0 Å². The fourth-order valence-electron chi connectivity index (χ4n) is 4.67. The third-order valence-electron chi connectivity index (χ3n) is 6.86. The first-order valence-corrected chi connectivity index (χ1v) is 12.8. The zero-order valence-corrected chi connectivity index (χ0v) is 21.8. The molecule has 1 N–H and O–H groups in total. The van der Waals surface area contributed by atoms with Gasteiger partial charge in [-0.2, -0.15) is 0 Å². The van der Waals surface area contributed by atoms with Crippen molar-refractivity contribution in [1.29, 1.82) is 0 Å². The van der Waals surface area contributed by atoms with E-state index in [-0.39, 0.29) is 24.2 Å². The highest BCUT2D eigenvalue weighted by molar-refractivity contribution is 6.04. The van der Waals surface area contributed by atoms with Gasteiger partial charge in [0.25, 0.3) is 11.8 Å². The SMILES string of the molecule is COC(=O)c1ccc(OCC(=O)N2CCC(c3ccc(NC(=O)c4cc5nc(C)ccc5o4)cc3)CC2)cc1. The number of esters is 1. The lowest BCUT2D eigenvalue weighted by Crippen LogP contribution is -2.40. The Labute approximate surface area is 225 Å². The van der Waals surface area contributed by atoms with Gasteiger partial charge in [-0.3, -0.25) is 9.59 Å². The van der Waals surface area contributed by atoms with E-state index in [1.54, 1.807) is 30.3 Å². The van der Waals surface area contributed by atoms with Crippen LogP contribution in [-0.2, 0) is 9.53 Å². The lowest BCUT2D eigenvalue weighted by Gasteiger charge is -2.32. The number of pyridine rings is 1. The number of piperidine rings is 1. The Morgan fingerprint density at radius 3 is 2.41 bits per heavy atom. The Balaban J connectivity index is 1.09. The van der Waals surface area contributed by atoms with E-state index in [0.29, 0.717) is 47.1 Å². The average Bonchev–Trinajstić information content (AvgIpc) is 3.40. The monoisotopic (exact) mass is 527 g/mol. The highest BCUT2D eigenvalue weighted by Crippen LogP contribution is 2.29. The number of rotatable bonds is 7. The molecule has 0 radical (unpaired) electrons. The second-order valence-corrected chi connectivity index (χ2v) is 9.48. The third-order valence-corrected chi connectivity index (χ3v) is 6.86. The van der Waals surface area contributed by atoms with Crippen LogP contribution in [0.4, 0.5) is 5.69 Å². The quantitative estimate of drug-likeness (QED) is 0.338. The number of anilines is 1. The summed E-state index contributed by atoms with van der Waals surface area (Å²) in [6, 6.07) is 19.6. The Morgan fingerprint density at radius 2 is 1.72 bits per heavy atom. The first kappa shape index (κ1) is 26.0. The van der Waals surface area contributed by atoms with Crippen LogP contribution in [0.15, 0.2) is 71.1 Å². The van der Waals surface area contributed by atoms with Crippen molar-refractivity contribution in [2.75, 3.05) is 32.1 Å². The fraction of sp³-hybridized carbons (Fsp3) is 0.267. The summed E-state index contributed by atoms with van der Waals surface area (Å²) in [6.45, 7) is 3.12. The predicted octanol–water partition coefficient (Wildman–Crippen LogP) is 4.96. The van der Waals surface area contributed by atoms with Crippen LogP contribution in [0.25, 0.3) is 11.1 Å². The Hall–Kier alpha value is -4.66. The number of ether oxygens (including phenoxy) is 2. The van der Waals surface area contributed by atoms with Crippen molar-refractivity contribution in [3.05, 3.63) is 89.3 Å². The summed E-state index contributed by atoms with van der Waals surface area (Å²) in [6.07, 6.45) is 1.69. The molecule has 4 aromatic rings. The number of nitrogens with zero attached hydrogens (tertiary/aromatic N) is 2. The number of aryl methyl sites for hydroxylation is 1. The lowest BCUT2D eigenvalue weighted by atomic mass is 9.89. The Kier molecular flexibility index (Phi) is 7.58. The molecule has 2 aromatic heterocycles. The summed E-state index contributed by atoms with van der Waals surface area (Å²) in [5.74, 6) is 0.244.